The van der Waals surface area contributed by atoms with Gasteiger partial charge in [-0.2, -0.15) is 0 Å². The number of hydrogen-bond donors (Lipinski definition) is 0. The van der Waals surface area contributed by atoms with Gasteiger partial charge in [0.15, 0.2) is 0 Å². The van der Waals surface area contributed by atoms with Gasteiger partial charge in [-0.3, -0.25) is 9.59 Å². The summed E-state index contributed by atoms with van der Waals surface area (Å²) in [5, 5.41) is 0. The Balaban J connectivity index is 4.28. The maximum absolute atomic E-state index is 11.7. The van der Waals surface area contributed by atoms with Crippen molar-refractivity contribution < 1.29 is 14.3 Å². The first kappa shape index (κ1) is 13.1. The molecule has 0 rings (SSSR count). The third-order valence-corrected chi connectivity index (χ3v) is 2.25. The van der Waals surface area contributed by atoms with E-state index in [4.69, 9.17) is 0 Å². The van der Waals surface area contributed by atoms with Crippen LogP contribution in [-0.2, 0) is 14.3 Å². The Morgan fingerprint density at radius 3 is 2.21 bits per heavy atom. The molecule has 0 aromatic rings. The van der Waals surface area contributed by atoms with Crippen molar-refractivity contribution in [2.75, 3.05) is 7.11 Å². The van der Waals surface area contributed by atoms with E-state index in [-0.39, 0.29) is 30.0 Å². The molecule has 1 atom stereocenters. The van der Waals surface area contributed by atoms with Crippen molar-refractivity contribution in [3.8, 4) is 0 Å². The molecule has 82 valence electrons. The fourth-order valence-corrected chi connectivity index (χ4v) is 1.45. The van der Waals surface area contributed by atoms with Crippen LogP contribution in [0.25, 0.3) is 0 Å². The molecule has 0 radical (unpaired) electrons. The Morgan fingerprint density at radius 1 is 1.29 bits per heavy atom. The molecular weight excluding hydrogens is 180 g/mol. The summed E-state index contributed by atoms with van der Waals surface area (Å²) in [4.78, 5) is 22.7. The number of carbonyl (C=O) groups is 2. The molecule has 0 aliphatic carbocycles. The summed E-state index contributed by atoms with van der Waals surface area (Å²) < 4.78 is 4.57. The zero-order valence-corrected chi connectivity index (χ0v) is 9.50. The van der Waals surface area contributed by atoms with E-state index >= 15 is 0 Å². The van der Waals surface area contributed by atoms with E-state index in [1.165, 1.54) is 7.11 Å². The Morgan fingerprint density at radius 2 is 1.86 bits per heavy atom. The molecule has 0 amide bonds. The second kappa shape index (κ2) is 6.57. The van der Waals surface area contributed by atoms with Crippen molar-refractivity contribution >= 4 is 11.8 Å². The highest BCUT2D eigenvalue weighted by Gasteiger charge is 2.23. The molecule has 0 fully saturated rings. The second-order valence-corrected chi connectivity index (χ2v) is 3.82. The van der Waals surface area contributed by atoms with Gasteiger partial charge in [0.1, 0.15) is 5.78 Å². The summed E-state index contributed by atoms with van der Waals surface area (Å²) >= 11 is 0. The second-order valence-electron chi connectivity index (χ2n) is 3.82. The first-order valence-electron chi connectivity index (χ1n) is 5.13. The maximum atomic E-state index is 11.7. The Labute approximate surface area is 85.8 Å². The van der Waals surface area contributed by atoms with Crippen LogP contribution in [0.4, 0.5) is 0 Å². The summed E-state index contributed by atoms with van der Waals surface area (Å²) in [5.74, 6) is -0.293. The van der Waals surface area contributed by atoms with Crippen molar-refractivity contribution in [2.45, 2.75) is 40.0 Å². The third kappa shape index (κ3) is 4.40. The molecule has 0 aromatic carbocycles. The molecule has 3 nitrogen and oxygen atoms in total. The average Bonchev–Trinajstić information content (AvgIpc) is 2.15. The first-order chi connectivity index (χ1) is 6.52. The molecule has 3 heteroatoms. The number of ketones is 1. The minimum atomic E-state index is -0.294. The van der Waals surface area contributed by atoms with E-state index in [9.17, 15) is 9.59 Å². The molecule has 0 saturated carbocycles. The van der Waals surface area contributed by atoms with Gasteiger partial charge < -0.3 is 4.74 Å². The van der Waals surface area contributed by atoms with Gasteiger partial charge in [0.25, 0.3) is 0 Å². The van der Waals surface area contributed by atoms with E-state index in [1.54, 1.807) is 0 Å². The normalized spacial score (nSPS) is 12.6. The minimum absolute atomic E-state index is 0.00351. The van der Waals surface area contributed by atoms with Crippen molar-refractivity contribution in [1.82, 2.24) is 0 Å². The van der Waals surface area contributed by atoms with Gasteiger partial charge in [0, 0.05) is 11.8 Å². The van der Waals surface area contributed by atoms with Crippen LogP contribution < -0.4 is 0 Å². The van der Waals surface area contributed by atoms with Crippen LogP contribution in [0, 0.1) is 11.8 Å². The molecular formula is C11H20O3. The molecule has 0 saturated heterocycles. The standard InChI is InChI=1S/C11H20O3/c1-5-6-9(7-10(12)14-4)11(13)8(2)3/h8-9H,5-7H2,1-4H3. The fraction of sp³-hybridized carbons (Fsp3) is 0.818. The highest BCUT2D eigenvalue weighted by atomic mass is 16.5. The lowest BCUT2D eigenvalue weighted by Gasteiger charge is -2.15. The van der Waals surface area contributed by atoms with Gasteiger partial charge in [0.2, 0.25) is 0 Å². The van der Waals surface area contributed by atoms with Crippen molar-refractivity contribution in [1.29, 1.82) is 0 Å². The highest BCUT2D eigenvalue weighted by molar-refractivity contribution is 5.86. The van der Waals surface area contributed by atoms with Crippen molar-refractivity contribution in [2.24, 2.45) is 11.8 Å². The Hall–Kier alpha value is -0.860. The molecule has 1 unspecified atom stereocenters. The van der Waals surface area contributed by atoms with Gasteiger partial charge in [-0.25, -0.2) is 0 Å². The van der Waals surface area contributed by atoms with E-state index in [2.05, 4.69) is 4.74 Å². The molecule has 0 aliphatic rings. The van der Waals surface area contributed by atoms with Crippen LogP contribution in [0.5, 0.6) is 0 Å². The van der Waals surface area contributed by atoms with E-state index < -0.39 is 0 Å². The van der Waals surface area contributed by atoms with Gasteiger partial charge in [0.05, 0.1) is 13.5 Å². The molecule has 0 heterocycles. The van der Waals surface area contributed by atoms with Crippen LogP contribution in [0.1, 0.15) is 40.0 Å². The maximum Gasteiger partial charge on any atom is 0.306 e. The molecule has 14 heavy (non-hydrogen) atoms. The van der Waals surface area contributed by atoms with Gasteiger partial charge >= 0.3 is 5.97 Å². The number of carbonyl (C=O) groups excluding carboxylic acids is 2. The van der Waals surface area contributed by atoms with Crippen LogP contribution in [0.3, 0.4) is 0 Å². The molecule has 0 N–H and O–H groups in total. The van der Waals surface area contributed by atoms with E-state index in [0.29, 0.717) is 0 Å². The minimum Gasteiger partial charge on any atom is -0.469 e. The van der Waals surface area contributed by atoms with Crippen molar-refractivity contribution in [3.63, 3.8) is 0 Å². The zero-order chi connectivity index (χ0) is 11.1. The van der Waals surface area contributed by atoms with Gasteiger partial charge in [-0.05, 0) is 6.42 Å². The smallest absolute Gasteiger partial charge is 0.306 e. The first-order valence-corrected chi connectivity index (χ1v) is 5.13. The predicted octanol–water partition coefficient (Wildman–Crippen LogP) is 2.19. The lowest BCUT2D eigenvalue weighted by molar-refractivity contribution is -0.144. The predicted molar refractivity (Wildman–Crippen MR) is 54.9 cm³/mol. The quantitative estimate of drug-likeness (QED) is 0.617. The lowest BCUT2D eigenvalue weighted by Crippen LogP contribution is -2.23. The summed E-state index contributed by atoms with van der Waals surface area (Å²) in [6, 6.07) is 0. The van der Waals surface area contributed by atoms with Crippen LogP contribution in [0.2, 0.25) is 0 Å². The molecule has 0 bridgehead atoms. The van der Waals surface area contributed by atoms with Crippen LogP contribution in [0.15, 0.2) is 0 Å². The van der Waals surface area contributed by atoms with E-state index in [0.717, 1.165) is 12.8 Å². The topological polar surface area (TPSA) is 43.4 Å². The van der Waals surface area contributed by atoms with Crippen molar-refractivity contribution in [3.05, 3.63) is 0 Å². The average molecular weight is 200 g/mol. The summed E-state index contributed by atoms with van der Waals surface area (Å²) in [7, 11) is 1.35. The molecule has 0 spiro atoms. The molecule has 0 aliphatic heterocycles. The number of methoxy groups -OCH3 is 1. The zero-order valence-electron chi connectivity index (χ0n) is 9.50. The number of esters is 1. The number of ether oxygens (including phenoxy) is 1. The van der Waals surface area contributed by atoms with Gasteiger partial charge in [-0.15, -0.1) is 0 Å². The number of rotatable bonds is 6. The number of hydrogen-bond acceptors (Lipinski definition) is 3. The SMILES string of the molecule is CCCC(CC(=O)OC)C(=O)C(C)C. The van der Waals surface area contributed by atoms with Gasteiger partial charge in [-0.1, -0.05) is 27.2 Å². The monoisotopic (exact) mass is 200 g/mol. The number of Topliss-reactive ketones (excluding diaryl/α,β-unsaturated/α-hetero) is 1. The highest BCUT2D eigenvalue weighted by Crippen LogP contribution is 2.17. The summed E-state index contributed by atoms with van der Waals surface area (Å²) in [5.41, 5.74) is 0. The summed E-state index contributed by atoms with van der Waals surface area (Å²) in [6.45, 7) is 5.74. The largest absolute Gasteiger partial charge is 0.469 e. The fourth-order valence-electron chi connectivity index (χ4n) is 1.45. The molecule has 0 aromatic heterocycles. The van der Waals surface area contributed by atoms with E-state index in [1.807, 2.05) is 20.8 Å². The lowest BCUT2D eigenvalue weighted by atomic mass is 9.89. The third-order valence-electron chi connectivity index (χ3n) is 2.25. The Kier molecular flexibility index (Phi) is 6.17. The van der Waals surface area contributed by atoms with Crippen LogP contribution >= 0.6 is 0 Å². The van der Waals surface area contributed by atoms with Crippen LogP contribution in [-0.4, -0.2) is 18.9 Å². The summed E-state index contributed by atoms with van der Waals surface area (Å²) in [6.07, 6.45) is 1.91. The Bertz CT molecular complexity index is 197.